The van der Waals surface area contributed by atoms with Crippen molar-refractivity contribution in [2.75, 3.05) is 19.1 Å². The van der Waals surface area contributed by atoms with Gasteiger partial charge in [0.2, 0.25) is 5.90 Å². The number of anilines is 1. The van der Waals surface area contributed by atoms with Gasteiger partial charge in [-0.05, 0) is 31.2 Å². The van der Waals surface area contributed by atoms with Crippen molar-refractivity contribution in [3.63, 3.8) is 0 Å². The summed E-state index contributed by atoms with van der Waals surface area (Å²) in [5, 5.41) is 14.2. The van der Waals surface area contributed by atoms with Gasteiger partial charge < -0.3 is 9.47 Å². The van der Waals surface area contributed by atoms with Crippen molar-refractivity contribution in [1.82, 2.24) is 9.97 Å². The lowest BCUT2D eigenvalue weighted by Crippen LogP contribution is -2.07. The van der Waals surface area contributed by atoms with Gasteiger partial charge in [0.25, 0.3) is 0 Å². The number of methoxy groups -OCH3 is 1. The van der Waals surface area contributed by atoms with E-state index in [1.165, 1.54) is 24.8 Å². The van der Waals surface area contributed by atoms with Gasteiger partial charge in [0.1, 0.15) is 29.9 Å². The van der Waals surface area contributed by atoms with E-state index in [0.717, 1.165) is 16.7 Å². The Balaban J connectivity index is 1.76. The second kappa shape index (κ2) is 9.89. The number of hydrogen-bond acceptors (Lipinski definition) is 9. The van der Waals surface area contributed by atoms with Crippen molar-refractivity contribution in [3.05, 3.63) is 71.5 Å². The van der Waals surface area contributed by atoms with Gasteiger partial charge in [-0.2, -0.15) is 5.26 Å². The van der Waals surface area contributed by atoms with Crippen LogP contribution in [0.15, 0.2) is 60.0 Å². The molecule has 9 heteroatoms. The highest BCUT2D eigenvalue weighted by Gasteiger charge is 2.20. The first-order valence-corrected chi connectivity index (χ1v) is 10.8. The van der Waals surface area contributed by atoms with Gasteiger partial charge in [-0.3, -0.25) is 10.2 Å². The Bertz CT molecular complexity index is 1370. The SMILES string of the molecule is CCOc1ccccc1-c1sc2c(NN=C(OC)c3ccc(C=O)cc3)ncnc2c1C#N. The van der Waals surface area contributed by atoms with Gasteiger partial charge in [0, 0.05) is 16.7 Å². The monoisotopic (exact) mass is 457 g/mol. The molecule has 164 valence electrons. The van der Waals surface area contributed by atoms with E-state index in [1.54, 1.807) is 24.3 Å². The maximum absolute atomic E-state index is 10.9. The highest BCUT2D eigenvalue weighted by molar-refractivity contribution is 7.23. The Labute approximate surface area is 194 Å². The van der Waals surface area contributed by atoms with Gasteiger partial charge in [0.15, 0.2) is 5.82 Å². The number of aromatic nitrogens is 2. The molecule has 1 N–H and O–H groups in total. The zero-order valence-electron chi connectivity index (χ0n) is 17.9. The molecule has 0 atom stereocenters. The molecule has 0 spiro atoms. The number of aldehydes is 1. The highest BCUT2D eigenvalue weighted by Crippen LogP contribution is 2.43. The molecule has 0 saturated carbocycles. The molecule has 4 rings (SSSR count). The second-order valence-electron chi connectivity index (χ2n) is 6.72. The molecule has 0 fully saturated rings. The standard InChI is InChI=1S/C24H19N5O3S/c1-3-32-19-7-5-4-6-17(19)21-18(12-25)20-22(33-21)23(27-14-26-20)28-29-24(31-2)16-10-8-15(13-30)9-11-16/h4-11,13-14H,3H2,1-2H3,(H,26,27,28). The van der Waals surface area contributed by atoms with E-state index in [0.29, 0.717) is 51.0 Å². The number of thiophene rings is 1. The zero-order valence-corrected chi connectivity index (χ0v) is 18.7. The van der Waals surface area contributed by atoms with Crippen molar-refractivity contribution in [1.29, 1.82) is 5.26 Å². The average molecular weight is 458 g/mol. The lowest BCUT2D eigenvalue weighted by atomic mass is 10.1. The predicted octanol–water partition coefficient (Wildman–Crippen LogP) is 4.86. The largest absolute Gasteiger partial charge is 0.493 e. The van der Waals surface area contributed by atoms with Crippen molar-refractivity contribution in [2.24, 2.45) is 5.10 Å². The molecule has 2 aromatic heterocycles. The summed E-state index contributed by atoms with van der Waals surface area (Å²) in [6.07, 6.45) is 2.16. The van der Waals surface area contributed by atoms with Crippen LogP contribution in [0.1, 0.15) is 28.4 Å². The normalized spacial score (nSPS) is 11.1. The summed E-state index contributed by atoms with van der Waals surface area (Å²) in [4.78, 5) is 20.3. The molecule has 0 aliphatic carbocycles. The van der Waals surface area contributed by atoms with E-state index < -0.39 is 0 Å². The summed E-state index contributed by atoms with van der Waals surface area (Å²) in [5.74, 6) is 1.46. The fourth-order valence-corrected chi connectivity index (χ4v) is 4.43. The third-order valence-corrected chi connectivity index (χ3v) is 5.98. The van der Waals surface area contributed by atoms with Crippen molar-refractivity contribution in [3.8, 4) is 22.3 Å². The molecule has 2 aromatic carbocycles. The number of carbonyl (C=O) groups is 1. The van der Waals surface area contributed by atoms with Crippen LogP contribution >= 0.6 is 11.3 Å². The van der Waals surface area contributed by atoms with Crippen LogP contribution in [0.4, 0.5) is 5.82 Å². The Morgan fingerprint density at radius 3 is 2.70 bits per heavy atom. The summed E-state index contributed by atoms with van der Waals surface area (Å²) < 4.78 is 11.8. The van der Waals surface area contributed by atoms with Gasteiger partial charge >= 0.3 is 0 Å². The van der Waals surface area contributed by atoms with E-state index in [-0.39, 0.29) is 0 Å². The second-order valence-corrected chi connectivity index (χ2v) is 7.74. The first-order valence-electron chi connectivity index (χ1n) is 10.0. The highest BCUT2D eigenvalue weighted by atomic mass is 32.1. The number of nitrogens with zero attached hydrogens (tertiary/aromatic N) is 4. The molecular formula is C24H19N5O3S. The number of nitrogens with one attached hydrogen (secondary N) is 1. The lowest BCUT2D eigenvalue weighted by Gasteiger charge is -2.08. The quantitative estimate of drug-likeness (QED) is 0.183. The molecule has 0 radical (unpaired) electrons. The van der Waals surface area contributed by atoms with E-state index >= 15 is 0 Å². The summed E-state index contributed by atoms with van der Waals surface area (Å²) in [7, 11) is 1.51. The molecule has 8 nitrogen and oxygen atoms in total. The third kappa shape index (κ3) is 4.37. The minimum absolute atomic E-state index is 0.318. The fraction of sp³-hybridized carbons (Fsp3) is 0.125. The Morgan fingerprint density at radius 1 is 1.21 bits per heavy atom. The lowest BCUT2D eigenvalue weighted by molar-refractivity contribution is 0.112. The summed E-state index contributed by atoms with van der Waals surface area (Å²) >= 11 is 1.39. The molecule has 0 bridgehead atoms. The minimum Gasteiger partial charge on any atom is -0.493 e. The topological polar surface area (TPSA) is 109 Å². The maximum atomic E-state index is 10.9. The van der Waals surface area contributed by atoms with Crippen molar-refractivity contribution in [2.45, 2.75) is 6.92 Å². The molecule has 0 unspecified atom stereocenters. The fourth-order valence-electron chi connectivity index (χ4n) is 3.25. The first-order chi connectivity index (χ1) is 16.2. The van der Waals surface area contributed by atoms with Gasteiger partial charge in [-0.15, -0.1) is 16.4 Å². The predicted molar refractivity (Wildman–Crippen MR) is 128 cm³/mol. The first kappa shape index (κ1) is 21.9. The average Bonchev–Trinajstić information content (AvgIpc) is 3.24. The smallest absolute Gasteiger partial charge is 0.238 e. The van der Waals surface area contributed by atoms with Crippen molar-refractivity contribution >= 4 is 39.6 Å². The Hall–Kier alpha value is -4.29. The number of nitriles is 1. The summed E-state index contributed by atoms with van der Waals surface area (Å²) in [6, 6.07) is 16.7. The van der Waals surface area contributed by atoms with Crippen LogP contribution in [0.25, 0.3) is 20.7 Å². The number of hydrazone groups is 1. The summed E-state index contributed by atoms with van der Waals surface area (Å²) in [6.45, 7) is 2.43. The number of para-hydroxylation sites is 1. The van der Waals surface area contributed by atoms with Crippen LogP contribution in [0.5, 0.6) is 5.75 Å². The number of benzene rings is 2. The molecule has 0 saturated heterocycles. The van der Waals surface area contributed by atoms with Crippen LogP contribution in [-0.4, -0.2) is 35.9 Å². The van der Waals surface area contributed by atoms with E-state index in [4.69, 9.17) is 9.47 Å². The van der Waals surface area contributed by atoms with Crippen LogP contribution in [-0.2, 0) is 4.74 Å². The molecule has 0 aliphatic rings. The minimum atomic E-state index is 0.318. The molecule has 0 amide bonds. The van der Waals surface area contributed by atoms with Gasteiger partial charge in [-0.1, -0.05) is 24.3 Å². The number of fused-ring (bicyclic) bond motifs is 1. The van der Waals surface area contributed by atoms with Crippen LogP contribution in [0.3, 0.4) is 0 Å². The summed E-state index contributed by atoms with van der Waals surface area (Å²) in [5.41, 5.74) is 5.99. The van der Waals surface area contributed by atoms with Gasteiger partial charge in [-0.25, -0.2) is 9.97 Å². The van der Waals surface area contributed by atoms with E-state index in [2.05, 4.69) is 26.6 Å². The number of ether oxygens (including phenoxy) is 2. The maximum Gasteiger partial charge on any atom is 0.238 e. The molecule has 0 aliphatic heterocycles. The molecule has 2 heterocycles. The third-order valence-electron chi connectivity index (χ3n) is 4.77. The van der Waals surface area contributed by atoms with Crippen LogP contribution in [0.2, 0.25) is 0 Å². The van der Waals surface area contributed by atoms with E-state index in [9.17, 15) is 10.1 Å². The number of carbonyl (C=O) groups excluding carboxylic acids is 1. The molecule has 33 heavy (non-hydrogen) atoms. The van der Waals surface area contributed by atoms with Crippen LogP contribution in [0, 0.1) is 11.3 Å². The molecular weight excluding hydrogens is 438 g/mol. The number of rotatable bonds is 7. The Morgan fingerprint density at radius 2 is 2.00 bits per heavy atom. The van der Waals surface area contributed by atoms with Gasteiger partial charge in [0.05, 0.1) is 28.9 Å². The Kier molecular flexibility index (Phi) is 6.57. The van der Waals surface area contributed by atoms with Crippen LogP contribution < -0.4 is 10.2 Å². The zero-order chi connectivity index (χ0) is 23.2. The number of hydrogen-bond donors (Lipinski definition) is 1. The van der Waals surface area contributed by atoms with E-state index in [1.807, 2.05) is 31.2 Å². The molecule has 4 aromatic rings. The van der Waals surface area contributed by atoms with Crippen molar-refractivity contribution < 1.29 is 14.3 Å².